The fourth-order valence-electron chi connectivity index (χ4n) is 1.17. The van der Waals surface area contributed by atoms with Crippen molar-refractivity contribution in [3.05, 3.63) is 17.5 Å². The quantitative estimate of drug-likeness (QED) is 0.626. The van der Waals surface area contributed by atoms with Gasteiger partial charge in [0.1, 0.15) is 5.69 Å². The van der Waals surface area contributed by atoms with Crippen LogP contribution in [0.3, 0.4) is 0 Å². The predicted octanol–water partition coefficient (Wildman–Crippen LogP) is 1.86. The van der Waals surface area contributed by atoms with E-state index in [0.29, 0.717) is 11.6 Å². The van der Waals surface area contributed by atoms with Crippen molar-refractivity contribution in [2.75, 3.05) is 6.79 Å². The summed E-state index contributed by atoms with van der Waals surface area (Å²) in [6.07, 6.45) is 1.74. The molecule has 64 valence electrons. The summed E-state index contributed by atoms with van der Waals surface area (Å²) < 4.78 is 10.5. The summed E-state index contributed by atoms with van der Waals surface area (Å²) in [6.45, 7) is 2.20. The number of alkyl halides is 1. The average Bonchev–Trinajstić information content (AvgIpc) is 2.54. The minimum atomic E-state index is 0.270. The summed E-state index contributed by atoms with van der Waals surface area (Å²) in [5.74, 6) is 1.83. The van der Waals surface area contributed by atoms with Gasteiger partial charge in [0.25, 0.3) is 0 Å². The number of aryl methyl sites for hydroxylation is 1. The lowest BCUT2D eigenvalue weighted by Gasteiger charge is -2.02. The van der Waals surface area contributed by atoms with Crippen molar-refractivity contribution < 1.29 is 9.47 Å². The van der Waals surface area contributed by atoms with Crippen molar-refractivity contribution in [2.24, 2.45) is 0 Å². The average molecular weight is 186 g/mol. The Balaban J connectivity index is 2.57. The first kappa shape index (κ1) is 7.68. The summed E-state index contributed by atoms with van der Waals surface area (Å²) in [5, 5.41) is 0. The number of nitrogens with zero attached hydrogens (tertiary/aromatic N) is 1. The molecule has 2 rings (SSSR count). The molecule has 0 N–H and O–H groups in total. The Labute approximate surface area is 75.3 Å². The van der Waals surface area contributed by atoms with Crippen LogP contribution >= 0.6 is 11.6 Å². The molecule has 0 radical (unpaired) electrons. The van der Waals surface area contributed by atoms with Crippen LogP contribution in [-0.4, -0.2) is 11.8 Å². The lowest BCUT2D eigenvalue weighted by Crippen LogP contribution is -1.94. The molecule has 1 aromatic heterocycles. The molecule has 1 aromatic rings. The Morgan fingerprint density at radius 2 is 2.25 bits per heavy atom. The van der Waals surface area contributed by atoms with Gasteiger partial charge in [-0.25, -0.2) is 0 Å². The molecule has 0 atom stereocenters. The lowest BCUT2D eigenvalue weighted by atomic mass is 10.2. The SMILES string of the molecule is Cc1cnc(CCl)c2c1OCO2. The highest BCUT2D eigenvalue weighted by molar-refractivity contribution is 6.17. The summed E-state index contributed by atoms with van der Waals surface area (Å²) >= 11 is 5.66. The first-order valence-electron chi connectivity index (χ1n) is 3.63. The van der Waals surface area contributed by atoms with Crippen molar-refractivity contribution in [2.45, 2.75) is 12.8 Å². The van der Waals surface area contributed by atoms with Gasteiger partial charge in [-0.15, -0.1) is 11.6 Å². The third-order valence-electron chi connectivity index (χ3n) is 1.77. The van der Waals surface area contributed by atoms with Gasteiger partial charge in [-0.1, -0.05) is 0 Å². The van der Waals surface area contributed by atoms with E-state index in [0.717, 1.165) is 17.0 Å². The molecule has 1 aliphatic rings. The zero-order valence-corrected chi connectivity index (χ0v) is 7.39. The normalized spacial score (nSPS) is 13.5. The van der Waals surface area contributed by atoms with E-state index in [1.54, 1.807) is 6.20 Å². The standard InChI is InChI=1S/C8H8ClNO2/c1-5-3-10-6(2-9)8-7(5)11-4-12-8/h3H,2,4H2,1H3. The third-order valence-corrected chi connectivity index (χ3v) is 2.03. The molecule has 0 unspecified atom stereocenters. The fourth-order valence-corrected chi connectivity index (χ4v) is 1.36. The van der Waals surface area contributed by atoms with Crippen LogP contribution in [-0.2, 0) is 5.88 Å². The third kappa shape index (κ3) is 1.01. The Morgan fingerprint density at radius 3 is 3.00 bits per heavy atom. The molecule has 3 nitrogen and oxygen atoms in total. The van der Waals surface area contributed by atoms with E-state index in [-0.39, 0.29) is 6.79 Å². The van der Waals surface area contributed by atoms with Gasteiger partial charge in [0.2, 0.25) is 6.79 Å². The molecule has 0 amide bonds. The van der Waals surface area contributed by atoms with E-state index in [1.807, 2.05) is 6.92 Å². The monoisotopic (exact) mass is 185 g/mol. The van der Waals surface area contributed by atoms with E-state index < -0.39 is 0 Å². The zero-order valence-electron chi connectivity index (χ0n) is 6.63. The summed E-state index contributed by atoms with van der Waals surface area (Å²) in [5.41, 5.74) is 1.73. The molecule has 4 heteroatoms. The molecule has 0 saturated heterocycles. The Morgan fingerprint density at radius 1 is 1.50 bits per heavy atom. The number of hydrogen-bond donors (Lipinski definition) is 0. The molecule has 0 saturated carbocycles. The van der Waals surface area contributed by atoms with Gasteiger partial charge in [0, 0.05) is 11.8 Å². The maximum atomic E-state index is 5.66. The molecule has 0 fully saturated rings. The van der Waals surface area contributed by atoms with Gasteiger partial charge in [-0.05, 0) is 6.92 Å². The van der Waals surface area contributed by atoms with Gasteiger partial charge in [-0.3, -0.25) is 4.98 Å². The van der Waals surface area contributed by atoms with Crippen LogP contribution in [0.4, 0.5) is 0 Å². The van der Waals surface area contributed by atoms with Crippen LogP contribution in [0.5, 0.6) is 11.5 Å². The Kier molecular flexibility index (Phi) is 1.81. The highest BCUT2D eigenvalue weighted by Crippen LogP contribution is 2.37. The fraction of sp³-hybridized carbons (Fsp3) is 0.375. The van der Waals surface area contributed by atoms with Crippen molar-refractivity contribution in [1.29, 1.82) is 0 Å². The second-order valence-corrected chi connectivity index (χ2v) is 2.85. The molecular weight excluding hydrogens is 178 g/mol. The molecule has 0 spiro atoms. The Bertz CT molecular complexity index is 314. The highest BCUT2D eigenvalue weighted by Gasteiger charge is 2.20. The van der Waals surface area contributed by atoms with Gasteiger partial charge in [0.15, 0.2) is 11.5 Å². The van der Waals surface area contributed by atoms with Gasteiger partial charge < -0.3 is 9.47 Å². The first-order chi connectivity index (χ1) is 5.83. The molecule has 1 aliphatic heterocycles. The zero-order chi connectivity index (χ0) is 8.55. The number of aromatic nitrogens is 1. The van der Waals surface area contributed by atoms with Crippen molar-refractivity contribution >= 4 is 11.6 Å². The molecule has 12 heavy (non-hydrogen) atoms. The van der Waals surface area contributed by atoms with Crippen molar-refractivity contribution in [1.82, 2.24) is 4.98 Å². The Hall–Kier alpha value is -0.960. The largest absolute Gasteiger partial charge is 0.453 e. The van der Waals surface area contributed by atoms with E-state index >= 15 is 0 Å². The number of rotatable bonds is 1. The molecule has 0 aromatic carbocycles. The van der Waals surface area contributed by atoms with Crippen LogP contribution in [0.1, 0.15) is 11.3 Å². The van der Waals surface area contributed by atoms with E-state index in [2.05, 4.69) is 4.98 Å². The topological polar surface area (TPSA) is 31.4 Å². The number of hydrogen-bond acceptors (Lipinski definition) is 3. The van der Waals surface area contributed by atoms with Crippen LogP contribution in [0.2, 0.25) is 0 Å². The summed E-state index contributed by atoms with van der Waals surface area (Å²) in [7, 11) is 0. The maximum Gasteiger partial charge on any atom is 0.231 e. The number of fused-ring (bicyclic) bond motifs is 1. The van der Waals surface area contributed by atoms with Crippen LogP contribution in [0.25, 0.3) is 0 Å². The van der Waals surface area contributed by atoms with Crippen LogP contribution in [0, 0.1) is 6.92 Å². The van der Waals surface area contributed by atoms with Crippen LogP contribution < -0.4 is 9.47 Å². The smallest absolute Gasteiger partial charge is 0.231 e. The van der Waals surface area contributed by atoms with Crippen LogP contribution in [0.15, 0.2) is 6.20 Å². The predicted molar refractivity (Wildman–Crippen MR) is 44.7 cm³/mol. The first-order valence-corrected chi connectivity index (χ1v) is 4.16. The van der Waals surface area contributed by atoms with Crippen molar-refractivity contribution in [3.8, 4) is 11.5 Å². The van der Waals surface area contributed by atoms with Gasteiger partial charge in [0.05, 0.1) is 5.88 Å². The summed E-state index contributed by atoms with van der Waals surface area (Å²) in [4.78, 5) is 4.13. The molecule has 0 aliphatic carbocycles. The number of ether oxygens (including phenoxy) is 2. The molecular formula is C8H8ClNO2. The minimum absolute atomic E-state index is 0.270. The van der Waals surface area contributed by atoms with Crippen molar-refractivity contribution in [3.63, 3.8) is 0 Å². The molecule has 2 heterocycles. The molecule has 0 bridgehead atoms. The van der Waals surface area contributed by atoms with E-state index in [1.165, 1.54) is 0 Å². The van der Waals surface area contributed by atoms with Gasteiger partial charge in [-0.2, -0.15) is 0 Å². The highest BCUT2D eigenvalue weighted by atomic mass is 35.5. The second kappa shape index (κ2) is 2.83. The maximum absolute atomic E-state index is 5.66. The van der Waals surface area contributed by atoms with E-state index in [9.17, 15) is 0 Å². The number of pyridine rings is 1. The van der Waals surface area contributed by atoms with Gasteiger partial charge >= 0.3 is 0 Å². The lowest BCUT2D eigenvalue weighted by molar-refractivity contribution is 0.173. The summed E-state index contributed by atoms with van der Waals surface area (Å²) in [6, 6.07) is 0. The second-order valence-electron chi connectivity index (χ2n) is 2.59. The number of halogens is 1. The van der Waals surface area contributed by atoms with E-state index in [4.69, 9.17) is 21.1 Å². The minimum Gasteiger partial charge on any atom is -0.453 e.